The fraction of sp³-hybridized carbons (Fsp3) is 0.333. The van der Waals surface area contributed by atoms with E-state index in [0.29, 0.717) is 11.4 Å². The minimum absolute atomic E-state index is 0.0476. The highest BCUT2D eigenvalue weighted by Gasteiger charge is 2.07. The first kappa shape index (κ1) is 10.7. The number of hydrogen-bond acceptors (Lipinski definition) is 4. The summed E-state index contributed by atoms with van der Waals surface area (Å²) in [6.07, 6.45) is 0.807. The summed E-state index contributed by atoms with van der Waals surface area (Å²) >= 11 is 1.37. The summed E-state index contributed by atoms with van der Waals surface area (Å²) in [5.41, 5.74) is 0. The number of rotatable bonds is 4. The van der Waals surface area contributed by atoms with E-state index in [9.17, 15) is 9.59 Å². The first-order valence-electron chi connectivity index (χ1n) is 4.14. The zero-order chi connectivity index (χ0) is 10.6. The van der Waals surface area contributed by atoms with Gasteiger partial charge in [-0.25, -0.2) is 0 Å². The fourth-order valence-electron chi connectivity index (χ4n) is 0.983. The lowest BCUT2D eigenvalue weighted by Crippen LogP contribution is -2.32. The summed E-state index contributed by atoms with van der Waals surface area (Å²) in [6, 6.07) is 3.57. The molecule has 14 heavy (non-hydrogen) atoms. The molecule has 1 heterocycles. The van der Waals surface area contributed by atoms with Gasteiger partial charge in [-0.3, -0.25) is 9.59 Å². The second kappa shape index (κ2) is 4.76. The minimum atomic E-state index is -0.0476. The van der Waals surface area contributed by atoms with Crippen LogP contribution in [0.1, 0.15) is 9.67 Å². The highest BCUT2D eigenvalue weighted by molar-refractivity contribution is 7.17. The van der Waals surface area contributed by atoms with Gasteiger partial charge in [0.2, 0.25) is 5.91 Å². The van der Waals surface area contributed by atoms with E-state index in [0.717, 1.165) is 11.3 Å². The van der Waals surface area contributed by atoms with Crippen molar-refractivity contribution in [3.63, 3.8) is 0 Å². The zero-order valence-electron chi connectivity index (χ0n) is 8.11. The maximum absolute atomic E-state index is 11.1. The largest absolute Gasteiger partial charge is 0.358 e. The van der Waals surface area contributed by atoms with Crippen LogP contribution in [0.25, 0.3) is 0 Å². The van der Waals surface area contributed by atoms with E-state index in [1.54, 1.807) is 18.0 Å². The molecule has 0 aliphatic rings. The Bertz CT molecular complexity index is 335. The van der Waals surface area contributed by atoms with E-state index in [1.807, 2.05) is 13.1 Å². The predicted molar refractivity (Wildman–Crippen MR) is 57.0 cm³/mol. The Hall–Kier alpha value is -1.36. The van der Waals surface area contributed by atoms with Crippen molar-refractivity contribution in [2.45, 2.75) is 0 Å². The van der Waals surface area contributed by atoms with Gasteiger partial charge in [-0.2, -0.15) is 0 Å². The van der Waals surface area contributed by atoms with Crippen LogP contribution < -0.4 is 10.2 Å². The van der Waals surface area contributed by atoms with Gasteiger partial charge < -0.3 is 10.2 Å². The van der Waals surface area contributed by atoms with Crippen molar-refractivity contribution in [2.24, 2.45) is 0 Å². The maximum atomic E-state index is 11.1. The molecule has 1 N–H and O–H groups in total. The molecule has 0 unspecified atom stereocenters. The Labute approximate surface area is 86.5 Å². The van der Waals surface area contributed by atoms with Crippen LogP contribution in [0, 0.1) is 0 Å². The molecule has 0 saturated carbocycles. The molecule has 1 aromatic rings. The lowest BCUT2D eigenvalue weighted by Gasteiger charge is -2.15. The van der Waals surface area contributed by atoms with Crippen LogP contribution >= 0.6 is 11.3 Å². The highest BCUT2D eigenvalue weighted by atomic mass is 32.1. The van der Waals surface area contributed by atoms with Gasteiger partial charge in [-0.05, 0) is 12.1 Å². The van der Waals surface area contributed by atoms with Crippen molar-refractivity contribution < 1.29 is 9.59 Å². The molecule has 0 bridgehead atoms. The number of thiophene rings is 1. The SMILES string of the molecule is CNC(=O)CN(C)c1ccc(C=O)s1. The summed E-state index contributed by atoms with van der Waals surface area (Å²) in [7, 11) is 3.41. The number of carbonyl (C=O) groups excluding carboxylic acids is 2. The third-order valence-electron chi connectivity index (χ3n) is 1.76. The van der Waals surface area contributed by atoms with Gasteiger partial charge in [0.25, 0.3) is 0 Å². The van der Waals surface area contributed by atoms with Crippen molar-refractivity contribution in [1.82, 2.24) is 5.32 Å². The van der Waals surface area contributed by atoms with Crippen LogP contribution in [0.2, 0.25) is 0 Å². The van der Waals surface area contributed by atoms with E-state index in [4.69, 9.17) is 0 Å². The van der Waals surface area contributed by atoms with Gasteiger partial charge in [0.1, 0.15) is 0 Å². The lowest BCUT2D eigenvalue weighted by molar-refractivity contribution is -0.119. The standard InChI is InChI=1S/C9H12N2O2S/c1-10-8(13)5-11(2)9-4-3-7(6-12)14-9/h3-4,6H,5H2,1-2H3,(H,10,13). The predicted octanol–water partition coefficient (Wildman–Crippen LogP) is 0.743. The molecule has 0 fully saturated rings. The Morgan fingerprint density at radius 1 is 1.64 bits per heavy atom. The van der Waals surface area contributed by atoms with Gasteiger partial charge in [0.15, 0.2) is 6.29 Å². The summed E-state index contributed by atoms with van der Waals surface area (Å²) in [5, 5.41) is 3.45. The van der Waals surface area contributed by atoms with Gasteiger partial charge >= 0.3 is 0 Å². The number of nitrogens with zero attached hydrogens (tertiary/aromatic N) is 1. The molecule has 0 atom stereocenters. The highest BCUT2D eigenvalue weighted by Crippen LogP contribution is 2.23. The van der Waals surface area contributed by atoms with Crippen LogP contribution in [0.4, 0.5) is 5.00 Å². The molecule has 0 aromatic carbocycles. The van der Waals surface area contributed by atoms with E-state index in [-0.39, 0.29) is 5.91 Å². The zero-order valence-corrected chi connectivity index (χ0v) is 8.93. The monoisotopic (exact) mass is 212 g/mol. The molecule has 1 aromatic heterocycles. The third-order valence-corrected chi connectivity index (χ3v) is 2.89. The quantitative estimate of drug-likeness (QED) is 0.749. The first-order valence-corrected chi connectivity index (χ1v) is 4.95. The molecule has 1 amide bonds. The topological polar surface area (TPSA) is 49.4 Å². The normalized spacial score (nSPS) is 9.57. The summed E-state index contributed by atoms with van der Waals surface area (Å²) in [6.45, 7) is 0.301. The molecule has 4 nitrogen and oxygen atoms in total. The van der Waals surface area contributed by atoms with E-state index in [2.05, 4.69) is 5.32 Å². The molecular weight excluding hydrogens is 200 g/mol. The van der Waals surface area contributed by atoms with Crippen LogP contribution in [0.15, 0.2) is 12.1 Å². The van der Waals surface area contributed by atoms with Gasteiger partial charge in [0, 0.05) is 14.1 Å². The molecular formula is C9H12N2O2S. The number of carbonyl (C=O) groups is 2. The number of likely N-dealkylation sites (N-methyl/N-ethyl adjacent to an activating group) is 2. The van der Waals surface area contributed by atoms with E-state index < -0.39 is 0 Å². The van der Waals surface area contributed by atoms with Crippen molar-refractivity contribution in [3.8, 4) is 0 Å². The minimum Gasteiger partial charge on any atom is -0.358 e. The molecule has 76 valence electrons. The van der Waals surface area contributed by atoms with Crippen LogP contribution in [0.3, 0.4) is 0 Å². The number of hydrogen-bond donors (Lipinski definition) is 1. The summed E-state index contributed by atoms with van der Waals surface area (Å²) in [4.78, 5) is 24.0. The van der Waals surface area contributed by atoms with Crippen molar-refractivity contribution in [3.05, 3.63) is 17.0 Å². The number of nitrogens with one attached hydrogen (secondary N) is 1. The molecule has 5 heteroatoms. The van der Waals surface area contributed by atoms with Gasteiger partial charge in [0.05, 0.1) is 16.4 Å². The number of aldehydes is 1. The first-order chi connectivity index (χ1) is 6.67. The average Bonchev–Trinajstić information content (AvgIpc) is 2.65. The third kappa shape index (κ3) is 2.56. The molecule has 0 aliphatic heterocycles. The Kier molecular flexibility index (Phi) is 3.64. The van der Waals surface area contributed by atoms with Gasteiger partial charge in [-0.1, -0.05) is 0 Å². The number of amides is 1. The number of anilines is 1. The lowest BCUT2D eigenvalue weighted by atomic mass is 10.4. The van der Waals surface area contributed by atoms with Crippen LogP contribution in [-0.2, 0) is 4.79 Å². The smallest absolute Gasteiger partial charge is 0.239 e. The Morgan fingerprint density at radius 3 is 2.86 bits per heavy atom. The molecule has 1 rings (SSSR count). The summed E-state index contributed by atoms with van der Waals surface area (Å²) in [5.74, 6) is -0.0476. The second-order valence-corrected chi connectivity index (χ2v) is 3.92. The Balaban J connectivity index is 2.64. The van der Waals surface area contributed by atoms with Crippen LogP contribution in [0.5, 0.6) is 0 Å². The van der Waals surface area contributed by atoms with Gasteiger partial charge in [-0.15, -0.1) is 11.3 Å². The van der Waals surface area contributed by atoms with Crippen molar-refractivity contribution in [2.75, 3.05) is 25.5 Å². The fourth-order valence-corrected chi connectivity index (χ4v) is 1.77. The van der Waals surface area contributed by atoms with Crippen molar-refractivity contribution in [1.29, 1.82) is 0 Å². The van der Waals surface area contributed by atoms with E-state index in [1.165, 1.54) is 11.3 Å². The van der Waals surface area contributed by atoms with Crippen molar-refractivity contribution >= 4 is 28.5 Å². The Morgan fingerprint density at radius 2 is 2.36 bits per heavy atom. The van der Waals surface area contributed by atoms with Crippen LogP contribution in [-0.4, -0.2) is 32.8 Å². The second-order valence-electron chi connectivity index (χ2n) is 2.82. The summed E-state index contributed by atoms with van der Waals surface area (Å²) < 4.78 is 0. The van der Waals surface area contributed by atoms with E-state index >= 15 is 0 Å². The maximum Gasteiger partial charge on any atom is 0.239 e. The molecule has 0 spiro atoms. The molecule has 0 saturated heterocycles. The molecule has 0 radical (unpaired) electrons. The molecule has 0 aliphatic carbocycles. The average molecular weight is 212 g/mol.